The smallest absolute Gasteiger partial charge is 0.122 e. The van der Waals surface area contributed by atoms with Gasteiger partial charge in [0.15, 0.2) is 0 Å². The lowest BCUT2D eigenvalue weighted by atomic mass is 9.91. The van der Waals surface area contributed by atoms with Crippen LogP contribution in [-0.4, -0.2) is 19.7 Å². The maximum absolute atomic E-state index is 5.48. The van der Waals surface area contributed by atoms with Gasteiger partial charge in [0.05, 0.1) is 7.11 Å². The maximum Gasteiger partial charge on any atom is 0.122 e. The molecule has 1 saturated carbocycles. The van der Waals surface area contributed by atoms with Gasteiger partial charge in [0.2, 0.25) is 0 Å². The van der Waals surface area contributed by atoms with Gasteiger partial charge in [-0.15, -0.1) is 0 Å². The second kappa shape index (κ2) is 5.31. The lowest BCUT2D eigenvalue weighted by molar-refractivity contribution is 0.351. The predicted octanol–water partition coefficient (Wildman–Crippen LogP) is 3.32. The molecule has 0 radical (unpaired) electrons. The molecule has 0 amide bonds. The van der Waals surface area contributed by atoms with E-state index in [0.717, 1.165) is 18.7 Å². The first-order valence-electron chi connectivity index (χ1n) is 6.96. The van der Waals surface area contributed by atoms with Crippen molar-refractivity contribution in [3.8, 4) is 5.75 Å². The minimum Gasteiger partial charge on any atom is -0.496 e. The van der Waals surface area contributed by atoms with Crippen LogP contribution in [0.3, 0.4) is 0 Å². The average Bonchev–Trinajstić information content (AvgIpc) is 3.08. The van der Waals surface area contributed by atoms with Crippen LogP contribution in [0.4, 0.5) is 0 Å². The van der Waals surface area contributed by atoms with Crippen LogP contribution in [0.2, 0.25) is 0 Å². The zero-order valence-corrected chi connectivity index (χ0v) is 12.0. The van der Waals surface area contributed by atoms with E-state index in [1.54, 1.807) is 7.11 Å². The molecule has 0 heterocycles. The van der Waals surface area contributed by atoms with E-state index in [9.17, 15) is 0 Å². The van der Waals surface area contributed by atoms with E-state index >= 15 is 0 Å². The molecular weight excluding hydrogens is 222 g/mol. The summed E-state index contributed by atoms with van der Waals surface area (Å²) >= 11 is 0. The number of nitrogens with one attached hydrogen (secondary N) is 1. The van der Waals surface area contributed by atoms with Crippen LogP contribution in [0.15, 0.2) is 18.2 Å². The van der Waals surface area contributed by atoms with Crippen LogP contribution in [0.25, 0.3) is 0 Å². The molecule has 1 unspecified atom stereocenters. The molecule has 1 aromatic rings. The zero-order valence-electron chi connectivity index (χ0n) is 12.0. The highest BCUT2D eigenvalue weighted by Gasteiger charge is 2.44. The van der Waals surface area contributed by atoms with Crippen molar-refractivity contribution in [3.05, 3.63) is 29.3 Å². The molecule has 1 N–H and O–H groups in total. The summed E-state index contributed by atoms with van der Waals surface area (Å²) in [6.07, 6.45) is 3.76. The van der Waals surface area contributed by atoms with Gasteiger partial charge in [0.25, 0.3) is 0 Å². The number of likely N-dealkylation sites (N-methyl/N-ethyl adjacent to an activating group) is 1. The second-order valence-electron chi connectivity index (χ2n) is 5.78. The molecule has 0 bridgehead atoms. The van der Waals surface area contributed by atoms with Crippen molar-refractivity contribution in [2.45, 2.75) is 46.1 Å². The van der Waals surface area contributed by atoms with E-state index in [4.69, 9.17) is 4.74 Å². The fraction of sp³-hybridized carbons (Fsp3) is 0.625. The first kappa shape index (κ1) is 13.4. The fourth-order valence-corrected chi connectivity index (χ4v) is 2.64. The third-order valence-corrected chi connectivity index (χ3v) is 4.19. The molecule has 2 nitrogen and oxygen atoms in total. The number of hydrogen-bond donors (Lipinski definition) is 1. The van der Waals surface area contributed by atoms with Crippen LogP contribution < -0.4 is 10.1 Å². The largest absolute Gasteiger partial charge is 0.496 e. The Labute approximate surface area is 111 Å². The molecule has 100 valence electrons. The molecule has 0 aliphatic heterocycles. The SMILES string of the molecule is CCNC(Cc1cc(C)ccc1OC)C1(C)CC1. The van der Waals surface area contributed by atoms with Crippen molar-refractivity contribution in [1.29, 1.82) is 0 Å². The van der Waals surface area contributed by atoms with Gasteiger partial charge in [0.1, 0.15) is 5.75 Å². The van der Waals surface area contributed by atoms with E-state index in [2.05, 4.69) is 44.3 Å². The summed E-state index contributed by atoms with van der Waals surface area (Å²) in [5.41, 5.74) is 3.13. The highest BCUT2D eigenvalue weighted by atomic mass is 16.5. The van der Waals surface area contributed by atoms with Gasteiger partial charge in [-0.3, -0.25) is 0 Å². The van der Waals surface area contributed by atoms with Gasteiger partial charge in [-0.1, -0.05) is 31.5 Å². The molecular formula is C16H25NO. The fourth-order valence-electron chi connectivity index (χ4n) is 2.64. The quantitative estimate of drug-likeness (QED) is 0.832. The summed E-state index contributed by atoms with van der Waals surface area (Å²) in [5, 5.41) is 3.65. The summed E-state index contributed by atoms with van der Waals surface area (Å²) in [4.78, 5) is 0. The average molecular weight is 247 g/mol. The number of benzene rings is 1. The third kappa shape index (κ3) is 2.86. The molecule has 1 fully saturated rings. The van der Waals surface area contributed by atoms with Crippen LogP contribution in [-0.2, 0) is 6.42 Å². The standard InChI is InChI=1S/C16H25NO/c1-5-17-15(16(3)8-9-16)11-13-10-12(2)6-7-14(13)18-4/h6-7,10,15,17H,5,8-9,11H2,1-4H3. The lowest BCUT2D eigenvalue weighted by Crippen LogP contribution is -2.38. The second-order valence-corrected chi connectivity index (χ2v) is 5.78. The molecule has 2 heteroatoms. The molecule has 1 aromatic carbocycles. The van der Waals surface area contributed by atoms with Crippen molar-refractivity contribution in [2.24, 2.45) is 5.41 Å². The number of methoxy groups -OCH3 is 1. The molecule has 0 spiro atoms. The minimum absolute atomic E-state index is 0.491. The monoisotopic (exact) mass is 247 g/mol. The van der Waals surface area contributed by atoms with E-state index < -0.39 is 0 Å². The summed E-state index contributed by atoms with van der Waals surface area (Å²) < 4.78 is 5.48. The topological polar surface area (TPSA) is 21.3 Å². The Morgan fingerprint density at radius 2 is 2.11 bits per heavy atom. The molecule has 18 heavy (non-hydrogen) atoms. The molecule has 0 saturated heterocycles. The van der Waals surface area contributed by atoms with Gasteiger partial charge < -0.3 is 10.1 Å². The van der Waals surface area contributed by atoms with Gasteiger partial charge in [-0.2, -0.15) is 0 Å². The normalized spacial score (nSPS) is 18.4. The molecule has 1 aliphatic carbocycles. The Bertz CT molecular complexity index is 410. The van der Waals surface area contributed by atoms with Crippen molar-refractivity contribution >= 4 is 0 Å². The van der Waals surface area contributed by atoms with Crippen molar-refractivity contribution in [1.82, 2.24) is 5.32 Å². The van der Waals surface area contributed by atoms with Gasteiger partial charge in [-0.05, 0) is 49.8 Å². The first-order valence-corrected chi connectivity index (χ1v) is 6.96. The van der Waals surface area contributed by atoms with Crippen molar-refractivity contribution in [3.63, 3.8) is 0 Å². The van der Waals surface area contributed by atoms with Crippen LogP contribution >= 0.6 is 0 Å². The first-order chi connectivity index (χ1) is 8.59. The Morgan fingerprint density at radius 1 is 1.39 bits per heavy atom. The zero-order chi connectivity index (χ0) is 13.2. The lowest BCUT2D eigenvalue weighted by Gasteiger charge is -2.25. The molecule has 2 rings (SSSR count). The van der Waals surface area contributed by atoms with E-state index in [1.165, 1.54) is 24.0 Å². The summed E-state index contributed by atoms with van der Waals surface area (Å²) in [6.45, 7) is 7.76. The Balaban J connectivity index is 2.17. The molecule has 1 atom stereocenters. The summed E-state index contributed by atoms with van der Waals surface area (Å²) in [5.74, 6) is 1.02. The van der Waals surface area contributed by atoms with Gasteiger partial charge in [-0.25, -0.2) is 0 Å². The number of hydrogen-bond acceptors (Lipinski definition) is 2. The van der Waals surface area contributed by atoms with Crippen LogP contribution in [0.1, 0.15) is 37.8 Å². The van der Waals surface area contributed by atoms with E-state index in [-0.39, 0.29) is 0 Å². The van der Waals surface area contributed by atoms with E-state index in [0.29, 0.717) is 11.5 Å². The van der Waals surface area contributed by atoms with Gasteiger partial charge >= 0.3 is 0 Å². The Kier molecular flexibility index (Phi) is 3.96. The van der Waals surface area contributed by atoms with Crippen LogP contribution in [0, 0.1) is 12.3 Å². The summed E-state index contributed by atoms with van der Waals surface area (Å²) in [6, 6.07) is 7.03. The van der Waals surface area contributed by atoms with Crippen LogP contribution in [0.5, 0.6) is 5.75 Å². The van der Waals surface area contributed by atoms with Crippen molar-refractivity contribution < 1.29 is 4.74 Å². The number of rotatable bonds is 6. The van der Waals surface area contributed by atoms with E-state index in [1.807, 2.05) is 0 Å². The number of ether oxygens (including phenoxy) is 1. The Morgan fingerprint density at radius 3 is 2.67 bits per heavy atom. The highest BCUT2D eigenvalue weighted by molar-refractivity contribution is 5.37. The molecule has 1 aliphatic rings. The number of aryl methyl sites for hydroxylation is 1. The minimum atomic E-state index is 0.491. The predicted molar refractivity (Wildman–Crippen MR) is 76.2 cm³/mol. The maximum atomic E-state index is 5.48. The van der Waals surface area contributed by atoms with Gasteiger partial charge in [0, 0.05) is 6.04 Å². The molecule has 0 aromatic heterocycles. The third-order valence-electron chi connectivity index (χ3n) is 4.19. The highest BCUT2D eigenvalue weighted by Crippen LogP contribution is 2.49. The Hall–Kier alpha value is -1.02. The summed E-state index contributed by atoms with van der Waals surface area (Å²) in [7, 11) is 1.76. The van der Waals surface area contributed by atoms with Crippen molar-refractivity contribution in [2.75, 3.05) is 13.7 Å².